The van der Waals surface area contributed by atoms with Crippen molar-refractivity contribution in [2.45, 2.75) is 66.7 Å². The van der Waals surface area contributed by atoms with Crippen LogP contribution in [0, 0.1) is 28.6 Å². The van der Waals surface area contributed by atoms with Crippen LogP contribution in [0.1, 0.15) is 66.7 Å². The Morgan fingerprint density at radius 3 is 2.06 bits per heavy atom. The minimum absolute atomic E-state index is 0.222. The quantitative estimate of drug-likeness (QED) is 0.707. The van der Waals surface area contributed by atoms with Crippen molar-refractivity contribution in [2.24, 2.45) is 28.6 Å². The van der Waals surface area contributed by atoms with Crippen LogP contribution in [0.4, 0.5) is 0 Å². The first-order chi connectivity index (χ1) is 7.84. The zero-order valence-corrected chi connectivity index (χ0v) is 12.2. The molecule has 0 aromatic carbocycles. The highest BCUT2D eigenvalue weighted by Crippen LogP contribution is 2.69. The van der Waals surface area contributed by atoms with E-state index in [0.717, 1.165) is 6.42 Å². The Hall–Kier alpha value is -0.330. The summed E-state index contributed by atoms with van der Waals surface area (Å²) in [5.41, 5.74) is 0.444. The Balaban J connectivity index is 2.10. The van der Waals surface area contributed by atoms with Crippen LogP contribution in [0.2, 0.25) is 0 Å². The van der Waals surface area contributed by atoms with Crippen molar-refractivity contribution in [1.29, 1.82) is 0 Å². The average Bonchev–Trinajstić information content (AvgIpc) is 2.68. The van der Waals surface area contributed by atoms with E-state index < -0.39 is 0 Å². The van der Waals surface area contributed by atoms with Crippen molar-refractivity contribution < 1.29 is 4.79 Å². The summed E-state index contributed by atoms with van der Waals surface area (Å²) in [4.78, 5) is 12.8. The minimum Gasteiger partial charge on any atom is -0.299 e. The lowest BCUT2D eigenvalue weighted by Crippen LogP contribution is -2.29. The summed E-state index contributed by atoms with van der Waals surface area (Å²) in [5.74, 6) is 1.95. The van der Waals surface area contributed by atoms with Gasteiger partial charge in [0.2, 0.25) is 0 Å². The van der Waals surface area contributed by atoms with E-state index in [2.05, 4.69) is 34.6 Å². The van der Waals surface area contributed by atoms with Crippen LogP contribution in [-0.4, -0.2) is 5.78 Å². The van der Waals surface area contributed by atoms with Crippen molar-refractivity contribution in [3.8, 4) is 0 Å². The van der Waals surface area contributed by atoms with Crippen LogP contribution in [-0.2, 0) is 4.79 Å². The average molecular weight is 236 g/mol. The lowest BCUT2D eigenvalue weighted by Gasteiger charge is -2.30. The molecule has 0 aromatic rings. The Labute approximate surface area is 106 Å². The lowest BCUT2D eigenvalue weighted by atomic mass is 9.74. The normalized spacial score (nSPS) is 35.6. The maximum Gasteiger partial charge on any atom is 0.140 e. The highest BCUT2D eigenvalue weighted by molar-refractivity contribution is 5.88. The highest BCUT2D eigenvalue weighted by Gasteiger charge is 2.68. The van der Waals surface area contributed by atoms with E-state index in [9.17, 15) is 4.79 Å². The first-order valence-electron chi connectivity index (χ1n) is 7.37. The van der Waals surface area contributed by atoms with E-state index in [1.165, 1.54) is 25.7 Å². The van der Waals surface area contributed by atoms with Gasteiger partial charge in [-0.2, -0.15) is 0 Å². The molecular formula is C16H28O. The topological polar surface area (TPSA) is 17.1 Å². The maximum atomic E-state index is 12.8. The maximum absolute atomic E-state index is 12.8. The molecule has 0 spiro atoms. The highest BCUT2D eigenvalue weighted by atomic mass is 16.1. The van der Waals surface area contributed by atoms with Crippen LogP contribution in [0.25, 0.3) is 0 Å². The SMILES string of the molecule is CCC1CCCCC1C(=O)C1C(C)(C)C1(C)C. The zero-order valence-electron chi connectivity index (χ0n) is 12.2. The van der Waals surface area contributed by atoms with Crippen molar-refractivity contribution in [2.75, 3.05) is 0 Å². The molecule has 2 aliphatic carbocycles. The van der Waals surface area contributed by atoms with Crippen molar-refractivity contribution >= 4 is 5.78 Å². The fraction of sp³-hybridized carbons (Fsp3) is 0.938. The predicted molar refractivity (Wildman–Crippen MR) is 71.8 cm³/mol. The van der Waals surface area contributed by atoms with Gasteiger partial charge in [0.1, 0.15) is 5.78 Å². The van der Waals surface area contributed by atoms with Crippen molar-refractivity contribution in [3.05, 3.63) is 0 Å². The molecule has 0 bridgehead atoms. The standard InChI is InChI=1S/C16H28O/c1-6-11-9-7-8-10-12(11)13(17)14-15(2,3)16(14,4)5/h11-12,14H,6-10H2,1-5H3. The molecule has 1 nitrogen and oxygen atoms in total. The second kappa shape index (κ2) is 4.10. The monoisotopic (exact) mass is 236 g/mol. The lowest BCUT2D eigenvalue weighted by molar-refractivity contribution is -0.128. The van der Waals surface area contributed by atoms with E-state index in [-0.39, 0.29) is 10.8 Å². The third-order valence-electron chi connectivity index (χ3n) is 6.10. The van der Waals surface area contributed by atoms with Crippen LogP contribution in [0.3, 0.4) is 0 Å². The first kappa shape index (κ1) is 13.1. The summed E-state index contributed by atoms with van der Waals surface area (Å²) in [5, 5.41) is 0. The van der Waals surface area contributed by atoms with E-state index in [1.807, 2.05) is 0 Å². The Morgan fingerprint density at radius 2 is 1.59 bits per heavy atom. The second-order valence-corrected chi connectivity index (χ2v) is 7.34. The van der Waals surface area contributed by atoms with Gasteiger partial charge in [0, 0.05) is 11.8 Å². The van der Waals surface area contributed by atoms with Crippen LogP contribution < -0.4 is 0 Å². The van der Waals surface area contributed by atoms with Gasteiger partial charge in [-0.1, -0.05) is 53.9 Å². The minimum atomic E-state index is 0.222. The molecule has 0 saturated heterocycles. The molecule has 98 valence electrons. The van der Waals surface area contributed by atoms with E-state index in [1.54, 1.807) is 0 Å². The van der Waals surface area contributed by atoms with Crippen LogP contribution >= 0.6 is 0 Å². The molecule has 0 radical (unpaired) electrons. The number of ketones is 1. The Kier molecular flexibility index (Phi) is 3.16. The van der Waals surface area contributed by atoms with E-state index in [0.29, 0.717) is 23.5 Å². The fourth-order valence-electron chi connectivity index (χ4n) is 4.19. The molecule has 0 aromatic heterocycles. The summed E-state index contributed by atoms with van der Waals surface area (Å²) in [7, 11) is 0. The number of hydrogen-bond donors (Lipinski definition) is 0. The molecule has 2 fully saturated rings. The molecule has 0 aliphatic heterocycles. The number of hydrogen-bond acceptors (Lipinski definition) is 1. The fourth-order valence-corrected chi connectivity index (χ4v) is 4.19. The largest absolute Gasteiger partial charge is 0.299 e. The molecule has 2 saturated carbocycles. The van der Waals surface area contributed by atoms with Crippen molar-refractivity contribution in [1.82, 2.24) is 0 Å². The number of carbonyl (C=O) groups is 1. The molecule has 0 N–H and O–H groups in total. The molecule has 2 rings (SSSR count). The summed E-state index contributed by atoms with van der Waals surface area (Å²) < 4.78 is 0. The predicted octanol–water partition coefficient (Wildman–Crippen LogP) is 4.45. The summed E-state index contributed by atoms with van der Waals surface area (Å²) in [6, 6.07) is 0. The molecule has 2 aliphatic rings. The number of carbonyl (C=O) groups excluding carboxylic acids is 1. The Morgan fingerprint density at radius 1 is 1.06 bits per heavy atom. The number of Topliss-reactive ketones (excluding diaryl/α,β-unsaturated/α-hetero) is 1. The van der Waals surface area contributed by atoms with Gasteiger partial charge in [0.25, 0.3) is 0 Å². The summed E-state index contributed by atoms with van der Waals surface area (Å²) in [6.07, 6.45) is 6.21. The van der Waals surface area contributed by atoms with Gasteiger partial charge < -0.3 is 0 Å². The second-order valence-electron chi connectivity index (χ2n) is 7.34. The van der Waals surface area contributed by atoms with Crippen molar-refractivity contribution in [3.63, 3.8) is 0 Å². The van der Waals surface area contributed by atoms with Gasteiger partial charge in [-0.15, -0.1) is 0 Å². The van der Waals surface area contributed by atoms with E-state index >= 15 is 0 Å². The van der Waals surface area contributed by atoms with Gasteiger partial charge in [-0.05, 0) is 29.6 Å². The number of rotatable bonds is 3. The van der Waals surface area contributed by atoms with Crippen LogP contribution in [0.15, 0.2) is 0 Å². The molecule has 1 heteroatoms. The van der Waals surface area contributed by atoms with Gasteiger partial charge in [-0.3, -0.25) is 4.79 Å². The van der Waals surface area contributed by atoms with Gasteiger partial charge in [0.15, 0.2) is 0 Å². The molecule has 0 amide bonds. The third-order valence-corrected chi connectivity index (χ3v) is 6.10. The molecule has 0 heterocycles. The zero-order chi connectivity index (χ0) is 12.8. The van der Waals surface area contributed by atoms with E-state index in [4.69, 9.17) is 0 Å². The molecular weight excluding hydrogens is 208 g/mol. The summed E-state index contributed by atoms with van der Waals surface area (Å²) in [6.45, 7) is 11.3. The smallest absolute Gasteiger partial charge is 0.140 e. The molecule has 17 heavy (non-hydrogen) atoms. The first-order valence-corrected chi connectivity index (χ1v) is 7.37. The molecule has 2 atom stereocenters. The van der Waals surface area contributed by atoms with Gasteiger partial charge in [-0.25, -0.2) is 0 Å². The third kappa shape index (κ3) is 1.86. The van der Waals surface area contributed by atoms with Crippen LogP contribution in [0.5, 0.6) is 0 Å². The molecule has 2 unspecified atom stereocenters. The van der Waals surface area contributed by atoms with Gasteiger partial charge in [0.05, 0.1) is 0 Å². The Bertz CT molecular complexity index is 299. The van der Waals surface area contributed by atoms with Gasteiger partial charge >= 0.3 is 0 Å². The summed E-state index contributed by atoms with van der Waals surface area (Å²) >= 11 is 0.